The normalized spacial score (nSPS) is 25.4. The molecule has 6 N–H and O–H groups in total. The number of aliphatic hydroxyl groups is 5. The number of ether oxygens (including phenoxy) is 2. The number of allylic oxidation sites excluding steroid dienone is 6. The second-order valence-corrected chi connectivity index (χ2v) is 13.0. The van der Waals surface area contributed by atoms with Gasteiger partial charge in [-0.05, 0) is 44.9 Å². The number of phosphoric acid groups is 1. The summed E-state index contributed by atoms with van der Waals surface area (Å²) in [5, 5.41) is 49.5. The first-order valence-electron chi connectivity index (χ1n) is 16.8. The van der Waals surface area contributed by atoms with E-state index in [1.807, 2.05) is 0 Å². The molecular weight excluding hydrogens is 635 g/mol. The van der Waals surface area contributed by atoms with E-state index in [1.165, 1.54) is 0 Å². The minimum absolute atomic E-state index is 0.0827. The molecule has 6 unspecified atom stereocenters. The summed E-state index contributed by atoms with van der Waals surface area (Å²) >= 11 is 0. The zero-order valence-electron chi connectivity index (χ0n) is 27.8. The van der Waals surface area contributed by atoms with Gasteiger partial charge in [-0.3, -0.25) is 18.6 Å². The Hall–Kier alpha value is -1.93. The summed E-state index contributed by atoms with van der Waals surface area (Å²) in [4.78, 5) is 34.5. The van der Waals surface area contributed by atoms with Crippen molar-refractivity contribution >= 4 is 19.8 Å². The maximum Gasteiger partial charge on any atom is 0.472 e. The first-order valence-corrected chi connectivity index (χ1v) is 18.3. The van der Waals surface area contributed by atoms with Gasteiger partial charge in [0.05, 0.1) is 6.61 Å². The molecule has 0 heterocycles. The largest absolute Gasteiger partial charge is 0.472 e. The minimum Gasteiger partial charge on any atom is -0.462 e. The summed E-state index contributed by atoms with van der Waals surface area (Å²) in [5.74, 6) is -1.18. The number of unbranched alkanes of at least 4 members (excludes halogenated alkanes) is 7. The van der Waals surface area contributed by atoms with E-state index in [0.717, 1.165) is 64.2 Å². The van der Waals surface area contributed by atoms with Crippen LogP contribution in [0.1, 0.15) is 104 Å². The first kappa shape index (κ1) is 43.1. The van der Waals surface area contributed by atoms with Gasteiger partial charge in [-0.15, -0.1) is 0 Å². The van der Waals surface area contributed by atoms with Crippen LogP contribution in [0.5, 0.6) is 0 Å². The van der Waals surface area contributed by atoms with E-state index in [1.54, 1.807) is 6.92 Å². The summed E-state index contributed by atoms with van der Waals surface area (Å²) in [7, 11) is -5.09. The van der Waals surface area contributed by atoms with Gasteiger partial charge in [0.1, 0.15) is 43.2 Å². The Labute approximate surface area is 278 Å². The molecule has 0 aromatic heterocycles. The number of carbonyl (C=O) groups is 2. The fourth-order valence-electron chi connectivity index (χ4n) is 4.75. The van der Waals surface area contributed by atoms with Gasteiger partial charge in [0.25, 0.3) is 0 Å². The topological polar surface area (TPSA) is 210 Å². The number of hydrogen-bond donors (Lipinski definition) is 6. The van der Waals surface area contributed by atoms with Gasteiger partial charge in [-0.2, -0.15) is 0 Å². The molecule has 6 atom stereocenters. The van der Waals surface area contributed by atoms with Crippen molar-refractivity contribution in [3.05, 3.63) is 36.5 Å². The van der Waals surface area contributed by atoms with Gasteiger partial charge in [-0.25, -0.2) is 4.57 Å². The molecule has 14 heteroatoms. The molecule has 1 aliphatic carbocycles. The van der Waals surface area contributed by atoms with Crippen molar-refractivity contribution in [2.24, 2.45) is 0 Å². The minimum atomic E-state index is -5.09. The van der Waals surface area contributed by atoms with Gasteiger partial charge in [0.2, 0.25) is 0 Å². The zero-order valence-corrected chi connectivity index (χ0v) is 28.7. The Bertz CT molecular complexity index is 985. The number of phosphoric ester groups is 1. The average molecular weight is 693 g/mol. The van der Waals surface area contributed by atoms with E-state index in [0.29, 0.717) is 12.8 Å². The summed E-state index contributed by atoms with van der Waals surface area (Å²) in [6.07, 6.45) is 11.5. The molecule has 13 nitrogen and oxygen atoms in total. The molecule has 0 bridgehead atoms. The van der Waals surface area contributed by atoms with E-state index in [4.69, 9.17) is 18.5 Å². The molecule has 0 aliphatic heterocycles. The predicted octanol–water partition coefficient (Wildman–Crippen LogP) is 3.93. The highest BCUT2D eigenvalue weighted by atomic mass is 31.2. The maximum absolute atomic E-state index is 12.6. The van der Waals surface area contributed by atoms with Crippen molar-refractivity contribution < 1.29 is 63.1 Å². The maximum atomic E-state index is 12.6. The monoisotopic (exact) mass is 692 g/mol. The molecule has 0 aromatic carbocycles. The molecule has 1 saturated carbocycles. The lowest BCUT2D eigenvalue weighted by Gasteiger charge is -2.41. The van der Waals surface area contributed by atoms with E-state index in [2.05, 4.69) is 43.4 Å². The SMILES string of the molecule is CC/C=C\C/C=C\C/C=C\CCCCCCCCCC(=O)OC(COC(=O)CCC)COP(=O)(O)OC1C(O)C(O)C(O)C(O)C1O. The van der Waals surface area contributed by atoms with E-state index in [9.17, 15) is 44.6 Å². The molecule has 0 spiro atoms. The van der Waals surface area contributed by atoms with Crippen molar-refractivity contribution in [1.82, 2.24) is 0 Å². The lowest BCUT2D eigenvalue weighted by molar-refractivity contribution is -0.220. The van der Waals surface area contributed by atoms with Crippen LogP contribution < -0.4 is 0 Å². The molecule has 0 saturated heterocycles. The smallest absolute Gasteiger partial charge is 0.462 e. The number of rotatable bonds is 25. The summed E-state index contributed by atoms with van der Waals surface area (Å²) < 4.78 is 32.6. The van der Waals surface area contributed by atoms with Crippen LogP contribution in [0, 0.1) is 0 Å². The van der Waals surface area contributed by atoms with Gasteiger partial charge >= 0.3 is 19.8 Å². The number of carbonyl (C=O) groups excluding carboxylic acids is 2. The molecule has 0 radical (unpaired) electrons. The van der Waals surface area contributed by atoms with Crippen molar-refractivity contribution in [3.63, 3.8) is 0 Å². The van der Waals surface area contributed by atoms with Crippen LogP contribution in [0.4, 0.5) is 0 Å². The summed E-state index contributed by atoms with van der Waals surface area (Å²) in [6, 6.07) is 0. The van der Waals surface area contributed by atoms with E-state index >= 15 is 0 Å². The van der Waals surface area contributed by atoms with Crippen LogP contribution in [0.3, 0.4) is 0 Å². The third-order valence-corrected chi connectivity index (χ3v) is 8.45. The zero-order chi connectivity index (χ0) is 35.1. The van der Waals surface area contributed by atoms with Crippen molar-refractivity contribution in [1.29, 1.82) is 0 Å². The Kier molecular flexibility index (Phi) is 23.0. The Morgan fingerprint density at radius 1 is 0.681 bits per heavy atom. The number of esters is 2. The second-order valence-electron chi connectivity index (χ2n) is 11.6. The van der Waals surface area contributed by atoms with Gasteiger partial charge in [-0.1, -0.05) is 82.4 Å². The average Bonchev–Trinajstić information content (AvgIpc) is 3.04. The van der Waals surface area contributed by atoms with Gasteiger partial charge in [0, 0.05) is 12.8 Å². The lowest BCUT2D eigenvalue weighted by atomic mass is 9.85. The van der Waals surface area contributed by atoms with Crippen LogP contribution in [-0.2, 0) is 32.7 Å². The van der Waals surface area contributed by atoms with Crippen LogP contribution in [0.15, 0.2) is 36.5 Å². The third-order valence-electron chi connectivity index (χ3n) is 7.47. The third kappa shape index (κ3) is 19.0. The number of hydrogen-bond acceptors (Lipinski definition) is 12. The van der Waals surface area contributed by atoms with Crippen LogP contribution >= 0.6 is 7.82 Å². The highest BCUT2D eigenvalue weighted by Gasteiger charge is 2.51. The molecule has 272 valence electrons. The highest BCUT2D eigenvalue weighted by Crippen LogP contribution is 2.47. The van der Waals surface area contributed by atoms with Gasteiger partial charge < -0.3 is 39.9 Å². The van der Waals surface area contributed by atoms with Crippen molar-refractivity contribution in [3.8, 4) is 0 Å². The highest BCUT2D eigenvalue weighted by molar-refractivity contribution is 7.47. The van der Waals surface area contributed by atoms with Crippen molar-refractivity contribution in [2.45, 2.75) is 146 Å². The Morgan fingerprint density at radius 3 is 1.81 bits per heavy atom. The summed E-state index contributed by atoms with van der Waals surface area (Å²) in [5.41, 5.74) is 0. The van der Waals surface area contributed by atoms with E-state index in [-0.39, 0.29) is 12.8 Å². The fourth-order valence-corrected chi connectivity index (χ4v) is 5.72. The molecule has 1 fully saturated rings. The fraction of sp³-hybridized carbons (Fsp3) is 0.758. The molecule has 1 aliphatic rings. The number of aliphatic hydroxyl groups excluding tert-OH is 5. The molecule has 0 aromatic rings. The van der Waals surface area contributed by atoms with Gasteiger partial charge in [0.15, 0.2) is 6.10 Å². The molecule has 0 amide bonds. The van der Waals surface area contributed by atoms with Crippen LogP contribution in [0.2, 0.25) is 0 Å². The summed E-state index contributed by atoms with van der Waals surface area (Å²) in [6.45, 7) is 2.70. The first-order chi connectivity index (χ1) is 22.4. The Balaban J connectivity index is 2.39. The molecular formula is C33H57O13P. The second kappa shape index (κ2) is 25.1. The quantitative estimate of drug-likeness (QED) is 0.0347. The Morgan fingerprint density at radius 2 is 1.21 bits per heavy atom. The standard InChI is InChI=1S/C33H57O13P/c1-3-5-6-7-8-9-10-11-12-13-14-15-16-17-18-19-20-22-27(35)45-25(23-43-26(34)21-4-2)24-44-47(41,42)46-33-31(39)29(37)28(36)30(38)32(33)40/h5-6,8-9,11-12,25,28-33,36-40H,3-4,7,10,13-24H2,1-2H3,(H,41,42)/b6-5-,9-8-,12-11-. The molecule has 47 heavy (non-hydrogen) atoms. The van der Waals surface area contributed by atoms with Crippen LogP contribution in [-0.4, -0.2) is 98.3 Å². The van der Waals surface area contributed by atoms with Crippen molar-refractivity contribution in [2.75, 3.05) is 13.2 Å². The molecule has 1 rings (SSSR count). The predicted molar refractivity (Wildman–Crippen MR) is 175 cm³/mol. The lowest BCUT2D eigenvalue weighted by Crippen LogP contribution is -2.64. The van der Waals surface area contributed by atoms with E-state index < -0.39 is 75.7 Å². The van der Waals surface area contributed by atoms with Crippen LogP contribution in [0.25, 0.3) is 0 Å².